The molecule has 168 valence electrons. The first-order chi connectivity index (χ1) is 15.9. The first-order valence-electron chi connectivity index (χ1n) is 11.0. The number of rotatable bonds is 3. The normalized spacial score (nSPS) is 15.9. The van der Waals surface area contributed by atoms with Crippen LogP contribution in [0.2, 0.25) is 5.02 Å². The van der Waals surface area contributed by atoms with Gasteiger partial charge in [0.05, 0.1) is 17.0 Å². The molecule has 2 N–H and O–H groups in total. The molecule has 1 saturated heterocycles. The summed E-state index contributed by atoms with van der Waals surface area (Å²) < 4.78 is 0. The van der Waals surface area contributed by atoms with Crippen molar-refractivity contribution in [2.75, 3.05) is 18.4 Å². The van der Waals surface area contributed by atoms with Crippen LogP contribution in [0.15, 0.2) is 42.5 Å². The van der Waals surface area contributed by atoms with Gasteiger partial charge in [0.2, 0.25) is 5.91 Å². The van der Waals surface area contributed by atoms with Crippen molar-refractivity contribution in [3.63, 3.8) is 0 Å². The second-order valence-corrected chi connectivity index (χ2v) is 9.02. The van der Waals surface area contributed by atoms with Crippen molar-refractivity contribution in [1.29, 1.82) is 0 Å². The number of aryl methyl sites for hydroxylation is 1. The topological polar surface area (TPSA) is 91.4 Å². The maximum Gasteiger partial charge on any atom is 0.253 e. The van der Waals surface area contributed by atoms with E-state index in [0.717, 1.165) is 22.3 Å². The van der Waals surface area contributed by atoms with Crippen LogP contribution in [0.1, 0.15) is 44.8 Å². The molecule has 3 aromatic rings. The minimum absolute atomic E-state index is 0.00529. The molecule has 0 saturated carbocycles. The van der Waals surface area contributed by atoms with E-state index in [-0.39, 0.29) is 23.8 Å². The molecule has 1 fully saturated rings. The molecule has 2 aliphatic heterocycles. The molecule has 0 spiro atoms. The molecule has 7 nitrogen and oxygen atoms in total. The molecule has 2 aliphatic rings. The fourth-order valence-corrected chi connectivity index (χ4v) is 4.81. The van der Waals surface area contributed by atoms with E-state index in [1.807, 2.05) is 24.0 Å². The fraction of sp³-hybridized carbons (Fsp3) is 0.280. The second-order valence-electron chi connectivity index (χ2n) is 8.61. The van der Waals surface area contributed by atoms with Gasteiger partial charge in [-0.3, -0.25) is 19.4 Å². The van der Waals surface area contributed by atoms with Crippen LogP contribution in [0, 0.1) is 6.92 Å². The average Bonchev–Trinajstić information content (AvgIpc) is 3.17. The Morgan fingerprint density at radius 3 is 2.64 bits per heavy atom. The van der Waals surface area contributed by atoms with Gasteiger partial charge in [-0.25, -0.2) is 0 Å². The van der Waals surface area contributed by atoms with Crippen molar-refractivity contribution in [3.05, 3.63) is 69.9 Å². The Morgan fingerprint density at radius 2 is 1.85 bits per heavy atom. The maximum atomic E-state index is 13.0. The zero-order valence-electron chi connectivity index (χ0n) is 18.2. The monoisotopic (exact) mass is 462 g/mol. The minimum Gasteiger partial charge on any atom is -0.349 e. The number of pyridine rings is 1. The molecule has 0 aliphatic carbocycles. The van der Waals surface area contributed by atoms with Crippen molar-refractivity contribution in [3.8, 4) is 0 Å². The van der Waals surface area contributed by atoms with E-state index in [2.05, 4.69) is 15.6 Å². The predicted molar refractivity (Wildman–Crippen MR) is 127 cm³/mol. The number of hydrogen-bond acceptors (Lipinski definition) is 4. The third-order valence-corrected chi connectivity index (χ3v) is 6.56. The number of fused-ring (bicyclic) bond motifs is 2. The predicted octanol–water partition coefficient (Wildman–Crippen LogP) is 3.73. The maximum absolute atomic E-state index is 13.0. The molecule has 3 amide bonds. The molecule has 5 rings (SSSR count). The van der Waals surface area contributed by atoms with Crippen LogP contribution < -0.4 is 10.6 Å². The van der Waals surface area contributed by atoms with Gasteiger partial charge in [-0.1, -0.05) is 17.7 Å². The Bertz CT molecular complexity index is 1300. The number of nitrogens with zero attached hydrogens (tertiary/aromatic N) is 2. The molecule has 3 heterocycles. The standard InChI is InChI=1S/C25H23ClN4O3/c1-14-10-20(26)19-4-2-16(12-22(19)27-14)25(33)30-8-6-18(7-9-30)28-24(32)15-3-5-21-17(11-15)13-23(31)29-21/h2-5,10-12,18H,6-9,13H2,1H3,(H,28,32)(H,29,31). The van der Waals surface area contributed by atoms with Gasteiger partial charge in [-0.05, 0) is 61.7 Å². The molecule has 0 bridgehead atoms. The quantitative estimate of drug-likeness (QED) is 0.620. The van der Waals surface area contributed by atoms with Crippen LogP contribution in [0.3, 0.4) is 0 Å². The van der Waals surface area contributed by atoms with Crippen molar-refractivity contribution in [2.45, 2.75) is 32.2 Å². The van der Waals surface area contributed by atoms with E-state index in [0.29, 0.717) is 54.0 Å². The van der Waals surface area contributed by atoms with Crippen molar-refractivity contribution in [2.24, 2.45) is 0 Å². The van der Waals surface area contributed by atoms with E-state index in [1.165, 1.54) is 0 Å². The molecule has 0 atom stereocenters. The lowest BCUT2D eigenvalue weighted by molar-refractivity contribution is -0.115. The number of aromatic nitrogens is 1. The van der Waals surface area contributed by atoms with Crippen LogP contribution in [0.25, 0.3) is 10.9 Å². The highest BCUT2D eigenvalue weighted by molar-refractivity contribution is 6.35. The summed E-state index contributed by atoms with van der Waals surface area (Å²) in [6, 6.07) is 12.5. The number of carbonyl (C=O) groups excluding carboxylic acids is 3. The Balaban J connectivity index is 1.21. The van der Waals surface area contributed by atoms with E-state index >= 15 is 0 Å². The number of amides is 3. The van der Waals surface area contributed by atoms with Crippen LogP contribution in [-0.2, 0) is 11.2 Å². The molecule has 33 heavy (non-hydrogen) atoms. The van der Waals surface area contributed by atoms with E-state index in [1.54, 1.807) is 30.3 Å². The summed E-state index contributed by atoms with van der Waals surface area (Å²) in [7, 11) is 0. The van der Waals surface area contributed by atoms with Gasteiger partial charge in [0, 0.05) is 47.0 Å². The lowest BCUT2D eigenvalue weighted by Gasteiger charge is -2.32. The Labute approximate surface area is 196 Å². The number of halogens is 1. The van der Waals surface area contributed by atoms with Crippen molar-refractivity contribution < 1.29 is 14.4 Å². The lowest BCUT2D eigenvalue weighted by Crippen LogP contribution is -2.46. The largest absolute Gasteiger partial charge is 0.349 e. The fourth-order valence-electron chi connectivity index (χ4n) is 4.49. The Morgan fingerprint density at radius 1 is 1.09 bits per heavy atom. The smallest absolute Gasteiger partial charge is 0.253 e. The number of piperidine rings is 1. The molecule has 0 radical (unpaired) electrons. The van der Waals surface area contributed by atoms with Gasteiger partial charge < -0.3 is 15.5 Å². The molecule has 2 aromatic carbocycles. The van der Waals surface area contributed by atoms with Crippen LogP contribution in [0.4, 0.5) is 5.69 Å². The molecule has 1 aromatic heterocycles. The summed E-state index contributed by atoms with van der Waals surface area (Å²) in [5, 5.41) is 7.29. The highest BCUT2D eigenvalue weighted by Crippen LogP contribution is 2.26. The molecule has 8 heteroatoms. The zero-order valence-corrected chi connectivity index (χ0v) is 18.9. The summed E-state index contributed by atoms with van der Waals surface area (Å²) in [5.41, 5.74) is 4.25. The summed E-state index contributed by atoms with van der Waals surface area (Å²) in [6.07, 6.45) is 1.66. The van der Waals surface area contributed by atoms with E-state index < -0.39 is 0 Å². The van der Waals surface area contributed by atoms with Gasteiger partial charge in [0.25, 0.3) is 11.8 Å². The van der Waals surface area contributed by atoms with Gasteiger partial charge in [-0.15, -0.1) is 0 Å². The van der Waals surface area contributed by atoms with Gasteiger partial charge in [0.15, 0.2) is 0 Å². The first kappa shape index (κ1) is 21.4. The number of carbonyl (C=O) groups is 3. The number of anilines is 1. The molecular formula is C25H23ClN4O3. The number of likely N-dealkylation sites (tertiary alicyclic amines) is 1. The number of nitrogens with one attached hydrogen (secondary N) is 2. The van der Waals surface area contributed by atoms with Crippen LogP contribution in [-0.4, -0.2) is 46.7 Å². The Hall–Kier alpha value is -3.45. The first-order valence-corrected chi connectivity index (χ1v) is 11.3. The van der Waals surface area contributed by atoms with E-state index in [9.17, 15) is 14.4 Å². The van der Waals surface area contributed by atoms with Gasteiger partial charge >= 0.3 is 0 Å². The molecular weight excluding hydrogens is 440 g/mol. The third kappa shape index (κ3) is 4.28. The number of benzene rings is 2. The summed E-state index contributed by atoms with van der Waals surface area (Å²) in [5.74, 6) is -0.258. The lowest BCUT2D eigenvalue weighted by atomic mass is 10.0. The SMILES string of the molecule is Cc1cc(Cl)c2ccc(C(=O)N3CCC(NC(=O)c4ccc5c(c4)CC(=O)N5)CC3)cc2n1. The summed E-state index contributed by atoms with van der Waals surface area (Å²) in [4.78, 5) is 43.6. The highest BCUT2D eigenvalue weighted by Gasteiger charge is 2.26. The summed E-state index contributed by atoms with van der Waals surface area (Å²) >= 11 is 6.29. The zero-order chi connectivity index (χ0) is 23.1. The van der Waals surface area contributed by atoms with Crippen molar-refractivity contribution in [1.82, 2.24) is 15.2 Å². The van der Waals surface area contributed by atoms with Crippen LogP contribution in [0.5, 0.6) is 0 Å². The second kappa shape index (κ2) is 8.48. The van der Waals surface area contributed by atoms with Crippen LogP contribution >= 0.6 is 11.6 Å². The highest BCUT2D eigenvalue weighted by atomic mass is 35.5. The summed E-state index contributed by atoms with van der Waals surface area (Å²) in [6.45, 7) is 3.00. The van der Waals surface area contributed by atoms with Crippen molar-refractivity contribution >= 4 is 45.9 Å². The average molecular weight is 463 g/mol. The molecule has 0 unspecified atom stereocenters. The van der Waals surface area contributed by atoms with Gasteiger partial charge in [0.1, 0.15) is 0 Å². The number of hydrogen-bond donors (Lipinski definition) is 2. The Kier molecular flexibility index (Phi) is 5.50. The van der Waals surface area contributed by atoms with E-state index in [4.69, 9.17) is 11.6 Å². The third-order valence-electron chi connectivity index (χ3n) is 6.24. The van der Waals surface area contributed by atoms with Gasteiger partial charge in [-0.2, -0.15) is 0 Å². The minimum atomic E-state index is -0.158.